The number of carbonyl (C=O) groups excluding carboxylic acids is 1. The first-order chi connectivity index (χ1) is 7.74. The lowest BCUT2D eigenvalue weighted by atomic mass is 9.60. The Morgan fingerprint density at radius 2 is 1.88 bits per heavy atom. The highest BCUT2D eigenvalue weighted by Crippen LogP contribution is 2.49. The Morgan fingerprint density at radius 3 is 2.24 bits per heavy atom. The minimum Gasteiger partial charge on any atom is -0.366 e. The highest BCUT2D eigenvalue weighted by Gasteiger charge is 2.56. The molecule has 6 heteroatoms. The van der Waals surface area contributed by atoms with Crippen LogP contribution in [0.1, 0.15) is 20.8 Å². The standard InChI is InChI=1S/C11H11ClN4O/c1-6-10(2,3)11(4-13,5-14)7(9(15)17)8(12)16-6/h1-3H3,(H2,15,17). The van der Waals surface area contributed by atoms with E-state index in [1.165, 1.54) is 0 Å². The highest BCUT2D eigenvalue weighted by atomic mass is 35.5. The van der Waals surface area contributed by atoms with Crippen molar-refractivity contribution in [3.63, 3.8) is 0 Å². The van der Waals surface area contributed by atoms with E-state index in [1.54, 1.807) is 20.8 Å². The maximum atomic E-state index is 11.4. The number of nitriles is 2. The molecule has 0 aliphatic carbocycles. The monoisotopic (exact) mass is 250 g/mol. The molecule has 5 nitrogen and oxygen atoms in total. The molecule has 0 aromatic heterocycles. The molecule has 1 aliphatic heterocycles. The van der Waals surface area contributed by atoms with Gasteiger partial charge in [0.1, 0.15) is 5.16 Å². The van der Waals surface area contributed by atoms with Gasteiger partial charge in [0.05, 0.1) is 17.7 Å². The van der Waals surface area contributed by atoms with E-state index in [-0.39, 0.29) is 10.7 Å². The average molecular weight is 251 g/mol. The summed E-state index contributed by atoms with van der Waals surface area (Å²) in [5.74, 6) is -0.901. The van der Waals surface area contributed by atoms with Gasteiger partial charge in [0, 0.05) is 11.1 Å². The van der Waals surface area contributed by atoms with Gasteiger partial charge in [0.2, 0.25) is 5.91 Å². The second kappa shape index (κ2) is 3.87. The Hall–Kier alpha value is -1.85. The van der Waals surface area contributed by atoms with Gasteiger partial charge < -0.3 is 5.73 Å². The third-order valence-electron chi connectivity index (χ3n) is 3.27. The minimum absolute atomic E-state index is 0.183. The van der Waals surface area contributed by atoms with Crippen LogP contribution in [-0.4, -0.2) is 11.6 Å². The zero-order chi connectivity index (χ0) is 13.4. The molecule has 0 saturated carbocycles. The fraction of sp³-hybridized carbons (Fsp3) is 0.455. The number of hydrogen-bond donors (Lipinski definition) is 1. The van der Waals surface area contributed by atoms with Gasteiger partial charge in [-0.2, -0.15) is 10.5 Å². The van der Waals surface area contributed by atoms with Crippen LogP contribution in [0.5, 0.6) is 0 Å². The van der Waals surface area contributed by atoms with Crippen LogP contribution in [0.25, 0.3) is 0 Å². The lowest BCUT2D eigenvalue weighted by Crippen LogP contribution is -2.47. The lowest BCUT2D eigenvalue weighted by molar-refractivity contribution is -0.115. The predicted octanol–water partition coefficient (Wildman–Crippen LogP) is 1.46. The molecule has 1 aliphatic rings. The summed E-state index contributed by atoms with van der Waals surface area (Å²) in [6.07, 6.45) is 0. The normalized spacial score (nSPS) is 21.2. The van der Waals surface area contributed by atoms with Crippen molar-refractivity contribution in [1.82, 2.24) is 0 Å². The molecule has 0 aromatic rings. The van der Waals surface area contributed by atoms with Gasteiger partial charge >= 0.3 is 0 Å². The van der Waals surface area contributed by atoms with Crippen molar-refractivity contribution in [3.8, 4) is 12.1 Å². The summed E-state index contributed by atoms with van der Waals surface area (Å²) >= 11 is 5.83. The summed E-state index contributed by atoms with van der Waals surface area (Å²) < 4.78 is 0. The Labute approximate surface area is 104 Å². The van der Waals surface area contributed by atoms with E-state index in [2.05, 4.69) is 4.99 Å². The molecule has 88 valence electrons. The molecule has 0 atom stereocenters. The molecule has 0 unspecified atom stereocenters. The largest absolute Gasteiger partial charge is 0.366 e. The molecule has 17 heavy (non-hydrogen) atoms. The topological polar surface area (TPSA) is 103 Å². The summed E-state index contributed by atoms with van der Waals surface area (Å²) in [7, 11) is 0. The smallest absolute Gasteiger partial charge is 0.250 e. The van der Waals surface area contributed by atoms with Crippen molar-refractivity contribution in [3.05, 3.63) is 10.7 Å². The molecule has 1 heterocycles. The van der Waals surface area contributed by atoms with Gasteiger partial charge in [0.25, 0.3) is 0 Å². The fourth-order valence-corrected chi connectivity index (χ4v) is 2.15. The third kappa shape index (κ3) is 1.51. The zero-order valence-electron chi connectivity index (χ0n) is 9.71. The molecule has 0 saturated heterocycles. The number of primary amides is 1. The highest BCUT2D eigenvalue weighted by molar-refractivity contribution is 6.33. The lowest BCUT2D eigenvalue weighted by Gasteiger charge is -2.39. The Bertz CT molecular complexity index is 517. The number of hydrogen-bond acceptors (Lipinski definition) is 4. The molecule has 0 radical (unpaired) electrons. The molecule has 1 rings (SSSR count). The molecule has 1 amide bonds. The van der Waals surface area contributed by atoms with Crippen molar-refractivity contribution in [1.29, 1.82) is 10.5 Å². The number of halogens is 1. The van der Waals surface area contributed by atoms with E-state index in [9.17, 15) is 15.3 Å². The Morgan fingerprint density at radius 1 is 1.41 bits per heavy atom. The molecule has 0 fully saturated rings. The number of amides is 1. The summed E-state index contributed by atoms with van der Waals surface area (Å²) in [4.78, 5) is 15.4. The van der Waals surface area contributed by atoms with Crippen LogP contribution in [0.15, 0.2) is 15.7 Å². The van der Waals surface area contributed by atoms with Crippen LogP contribution >= 0.6 is 11.6 Å². The van der Waals surface area contributed by atoms with Crippen LogP contribution < -0.4 is 5.73 Å². The van der Waals surface area contributed by atoms with Gasteiger partial charge in [-0.1, -0.05) is 25.4 Å². The van der Waals surface area contributed by atoms with E-state index >= 15 is 0 Å². The van der Waals surface area contributed by atoms with Crippen molar-refractivity contribution in [2.45, 2.75) is 20.8 Å². The van der Waals surface area contributed by atoms with Gasteiger partial charge in [-0.3, -0.25) is 4.79 Å². The molecule has 0 spiro atoms. The second-order valence-electron chi connectivity index (χ2n) is 4.33. The number of aliphatic imine (C=N–C) groups is 1. The average Bonchev–Trinajstić information content (AvgIpc) is 2.22. The molecule has 2 N–H and O–H groups in total. The Balaban J connectivity index is 3.76. The van der Waals surface area contributed by atoms with E-state index in [0.717, 1.165) is 0 Å². The van der Waals surface area contributed by atoms with Crippen LogP contribution in [0, 0.1) is 33.5 Å². The Kier molecular flexibility index (Phi) is 3.01. The number of nitrogens with two attached hydrogens (primary N) is 1. The van der Waals surface area contributed by atoms with E-state index < -0.39 is 16.7 Å². The van der Waals surface area contributed by atoms with Gasteiger partial charge in [0.15, 0.2) is 5.41 Å². The fourth-order valence-electron chi connectivity index (χ4n) is 1.78. The number of rotatable bonds is 1. The van der Waals surface area contributed by atoms with Crippen molar-refractivity contribution in [2.24, 2.45) is 21.6 Å². The second-order valence-corrected chi connectivity index (χ2v) is 4.68. The quantitative estimate of drug-likeness (QED) is 0.712. The summed E-state index contributed by atoms with van der Waals surface area (Å²) in [5.41, 5.74) is 2.83. The van der Waals surface area contributed by atoms with E-state index in [1.807, 2.05) is 12.1 Å². The number of nitrogens with zero attached hydrogens (tertiary/aromatic N) is 3. The molecular weight excluding hydrogens is 240 g/mol. The first-order valence-electron chi connectivity index (χ1n) is 4.83. The zero-order valence-corrected chi connectivity index (χ0v) is 10.5. The maximum absolute atomic E-state index is 11.4. The van der Waals surface area contributed by atoms with Crippen molar-refractivity contribution >= 4 is 23.2 Å². The molecule has 0 bridgehead atoms. The van der Waals surface area contributed by atoms with E-state index in [4.69, 9.17) is 17.3 Å². The summed E-state index contributed by atoms with van der Waals surface area (Å²) in [6.45, 7) is 4.97. The summed E-state index contributed by atoms with van der Waals surface area (Å²) in [6, 6.07) is 3.73. The first-order valence-corrected chi connectivity index (χ1v) is 5.20. The van der Waals surface area contributed by atoms with Crippen LogP contribution in [0.4, 0.5) is 0 Å². The third-order valence-corrected chi connectivity index (χ3v) is 3.54. The van der Waals surface area contributed by atoms with E-state index in [0.29, 0.717) is 5.71 Å². The maximum Gasteiger partial charge on any atom is 0.250 e. The van der Waals surface area contributed by atoms with Crippen molar-refractivity contribution < 1.29 is 4.79 Å². The van der Waals surface area contributed by atoms with Crippen molar-refractivity contribution in [2.75, 3.05) is 0 Å². The number of carbonyl (C=O) groups is 1. The molecular formula is C11H11ClN4O. The van der Waals surface area contributed by atoms with Gasteiger partial charge in [-0.25, -0.2) is 4.99 Å². The minimum atomic E-state index is -1.71. The molecule has 0 aromatic carbocycles. The van der Waals surface area contributed by atoms with Crippen LogP contribution in [0.3, 0.4) is 0 Å². The SMILES string of the molecule is CC1=NC(Cl)=C(C(N)=O)C(C#N)(C#N)C1(C)C. The van der Waals surface area contributed by atoms with Gasteiger partial charge in [-0.05, 0) is 6.92 Å². The predicted molar refractivity (Wildman–Crippen MR) is 62.6 cm³/mol. The van der Waals surface area contributed by atoms with Crippen LogP contribution in [0.2, 0.25) is 0 Å². The first kappa shape index (κ1) is 13.2. The van der Waals surface area contributed by atoms with Crippen LogP contribution in [-0.2, 0) is 4.79 Å². The van der Waals surface area contributed by atoms with Gasteiger partial charge in [-0.15, -0.1) is 0 Å². The summed E-state index contributed by atoms with van der Waals surface area (Å²) in [5, 5.41) is 18.4.